The topological polar surface area (TPSA) is 9.23 Å². The van der Waals surface area contributed by atoms with Gasteiger partial charge in [-0.1, -0.05) is 23.6 Å². The summed E-state index contributed by atoms with van der Waals surface area (Å²) in [7, 11) is 0. The minimum Gasteiger partial charge on any atom is -0.481 e. The molecule has 0 N–H and O–H groups in total. The van der Waals surface area contributed by atoms with Crippen molar-refractivity contribution >= 4 is 35.1 Å². The number of benzene rings is 1. The van der Waals surface area contributed by atoms with Gasteiger partial charge in [-0.25, -0.2) is 0 Å². The normalized spacial score (nSPS) is 16.5. The lowest BCUT2D eigenvalue weighted by Gasteiger charge is -2.24. The summed E-state index contributed by atoms with van der Waals surface area (Å²) in [6.07, 6.45) is 6.49. The molecule has 1 aromatic rings. The molecule has 0 bridgehead atoms. The van der Waals surface area contributed by atoms with Crippen LogP contribution in [-0.2, 0) is 0 Å². The third-order valence-corrected chi connectivity index (χ3v) is 5.66. The van der Waals surface area contributed by atoms with Crippen molar-refractivity contribution in [3.63, 3.8) is 0 Å². The van der Waals surface area contributed by atoms with E-state index in [0.29, 0.717) is 4.58 Å². The molecule has 1 fully saturated rings. The average molecular weight is 285 g/mol. The van der Waals surface area contributed by atoms with Crippen molar-refractivity contribution in [2.75, 3.05) is 18.1 Å². The SMILES string of the molecule is C#CCOc1cccc(Cl)c1C1SCCCS1. The van der Waals surface area contributed by atoms with Gasteiger partial charge in [0.1, 0.15) is 12.4 Å². The molecule has 90 valence electrons. The highest BCUT2D eigenvalue weighted by atomic mass is 35.5. The van der Waals surface area contributed by atoms with Crippen LogP contribution < -0.4 is 4.74 Å². The number of hydrogen-bond donors (Lipinski definition) is 0. The van der Waals surface area contributed by atoms with E-state index in [4.69, 9.17) is 22.8 Å². The van der Waals surface area contributed by atoms with E-state index in [0.717, 1.165) is 16.3 Å². The molecular weight excluding hydrogens is 272 g/mol. The predicted molar refractivity (Wildman–Crippen MR) is 78.1 cm³/mol. The molecule has 1 aromatic carbocycles. The lowest BCUT2D eigenvalue weighted by atomic mass is 10.2. The monoisotopic (exact) mass is 284 g/mol. The van der Waals surface area contributed by atoms with Gasteiger partial charge < -0.3 is 4.74 Å². The zero-order valence-electron chi connectivity index (χ0n) is 9.32. The van der Waals surface area contributed by atoms with Crippen LogP contribution in [0.5, 0.6) is 5.75 Å². The first-order chi connectivity index (χ1) is 8.33. The maximum Gasteiger partial charge on any atom is 0.148 e. The summed E-state index contributed by atoms with van der Waals surface area (Å²) in [4.78, 5) is 0. The van der Waals surface area contributed by atoms with Crippen LogP contribution in [-0.4, -0.2) is 18.1 Å². The molecule has 1 heterocycles. The molecule has 0 aliphatic carbocycles. The first-order valence-corrected chi connectivity index (χ1v) is 7.88. The van der Waals surface area contributed by atoms with E-state index < -0.39 is 0 Å². The lowest BCUT2D eigenvalue weighted by molar-refractivity contribution is 0.367. The second-order valence-electron chi connectivity index (χ2n) is 3.57. The summed E-state index contributed by atoms with van der Waals surface area (Å²) in [6, 6.07) is 5.75. The van der Waals surface area contributed by atoms with Gasteiger partial charge in [-0.3, -0.25) is 0 Å². The van der Waals surface area contributed by atoms with Gasteiger partial charge in [0.05, 0.1) is 4.58 Å². The highest BCUT2D eigenvalue weighted by Gasteiger charge is 2.22. The fraction of sp³-hybridized carbons (Fsp3) is 0.385. The van der Waals surface area contributed by atoms with Gasteiger partial charge in [0.15, 0.2) is 0 Å². The van der Waals surface area contributed by atoms with Crippen molar-refractivity contribution in [2.24, 2.45) is 0 Å². The van der Waals surface area contributed by atoms with Crippen LogP contribution in [0.15, 0.2) is 18.2 Å². The van der Waals surface area contributed by atoms with Crippen LogP contribution in [0, 0.1) is 12.3 Å². The van der Waals surface area contributed by atoms with E-state index in [1.807, 2.05) is 41.7 Å². The Balaban J connectivity index is 2.26. The average Bonchev–Trinajstić information content (AvgIpc) is 2.37. The predicted octanol–water partition coefficient (Wildman–Crippen LogP) is 4.22. The molecule has 2 rings (SSSR count). The Morgan fingerprint density at radius 3 is 2.88 bits per heavy atom. The molecule has 17 heavy (non-hydrogen) atoms. The molecule has 1 saturated heterocycles. The number of halogens is 1. The van der Waals surface area contributed by atoms with E-state index in [1.54, 1.807) is 0 Å². The Kier molecular flexibility index (Phi) is 4.97. The van der Waals surface area contributed by atoms with Gasteiger partial charge in [0, 0.05) is 10.6 Å². The summed E-state index contributed by atoms with van der Waals surface area (Å²) in [6.45, 7) is 0.287. The summed E-state index contributed by atoms with van der Waals surface area (Å²) in [5, 5.41) is 0.770. The minimum absolute atomic E-state index is 0.287. The van der Waals surface area contributed by atoms with Crippen molar-refractivity contribution in [3.05, 3.63) is 28.8 Å². The van der Waals surface area contributed by atoms with Crippen LogP contribution in [0.25, 0.3) is 0 Å². The highest BCUT2D eigenvalue weighted by molar-refractivity contribution is 8.16. The Bertz CT molecular complexity index is 422. The fourth-order valence-electron chi connectivity index (χ4n) is 1.65. The first kappa shape index (κ1) is 13.0. The molecule has 0 atom stereocenters. The molecule has 0 radical (unpaired) electrons. The first-order valence-electron chi connectivity index (χ1n) is 5.41. The second kappa shape index (κ2) is 6.49. The molecule has 1 aliphatic rings. The quantitative estimate of drug-likeness (QED) is 0.769. The van der Waals surface area contributed by atoms with Gasteiger partial charge >= 0.3 is 0 Å². The third kappa shape index (κ3) is 3.28. The van der Waals surface area contributed by atoms with Crippen molar-refractivity contribution < 1.29 is 4.74 Å². The molecule has 0 unspecified atom stereocenters. The molecule has 4 heteroatoms. The second-order valence-corrected chi connectivity index (χ2v) is 6.70. The number of rotatable bonds is 3. The lowest BCUT2D eigenvalue weighted by Crippen LogP contribution is -2.04. The number of hydrogen-bond acceptors (Lipinski definition) is 3. The van der Waals surface area contributed by atoms with Crippen LogP contribution in [0.3, 0.4) is 0 Å². The molecular formula is C13H13ClOS2. The van der Waals surface area contributed by atoms with Crippen molar-refractivity contribution in [1.82, 2.24) is 0 Å². The Morgan fingerprint density at radius 2 is 2.18 bits per heavy atom. The molecule has 1 aliphatic heterocycles. The smallest absolute Gasteiger partial charge is 0.148 e. The van der Waals surface area contributed by atoms with Crippen molar-refractivity contribution in [2.45, 2.75) is 11.0 Å². The number of ether oxygens (including phenoxy) is 1. The van der Waals surface area contributed by atoms with Gasteiger partial charge in [0.2, 0.25) is 0 Å². The van der Waals surface area contributed by atoms with Gasteiger partial charge in [-0.05, 0) is 30.1 Å². The Hall–Kier alpha value is -0.430. The molecule has 0 amide bonds. The highest BCUT2D eigenvalue weighted by Crippen LogP contribution is 2.49. The van der Waals surface area contributed by atoms with E-state index in [-0.39, 0.29) is 6.61 Å². The largest absolute Gasteiger partial charge is 0.481 e. The van der Waals surface area contributed by atoms with E-state index in [2.05, 4.69) is 5.92 Å². The van der Waals surface area contributed by atoms with Gasteiger partial charge in [0.25, 0.3) is 0 Å². The zero-order chi connectivity index (χ0) is 12.1. The standard InChI is InChI=1S/C13H13ClOS2/c1-2-7-15-11-6-3-5-10(14)12(11)13-16-8-4-9-17-13/h1,3,5-6,13H,4,7-9H2. The summed E-state index contributed by atoms with van der Waals surface area (Å²) in [5.41, 5.74) is 1.08. The van der Waals surface area contributed by atoms with Crippen molar-refractivity contribution in [3.8, 4) is 18.1 Å². The summed E-state index contributed by atoms with van der Waals surface area (Å²) in [5.74, 6) is 5.66. The maximum absolute atomic E-state index is 6.28. The van der Waals surface area contributed by atoms with E-state index in [1.165, 1.54) is 17.9 Å². The number of thioether (sulfide) groups is 2. The summed E-state index contributed by atoms with van der Waals surface area (Å²) < 4.78 is 5.94. The van der Waals surface area contributed by atoms with Crippen LogP contribution in [0.2, 0.25) is 5.02 Å². The summed E-state index contributed by atoms with van der Waals surface area (Å²) >= 11 is 10.1. The molecule has 1 nitrogen and oxygen atoms in total. The fourth-order valence-corrected chi connectivity index (χ4v) is 5.06. The Labute approximate surface area is 116 Å². The van der Waals surface area contributed by atoms with Crippen LogP contribution in [0.1, 0.15) is 16.6 Å². The van der Waals surface area contributed by atoms with E-state index >= 15 is 0 Å². The van der Waals surface area contributed by atoms with Gasteiger partial charge in [-0.15, -0.1) is 29.9 Å². The van der Waals surface area contributed by atoms with Crippen molar-refractivity contribution in [1.29, 1.82) is 0 Å². The molecule has 0 spiro atoms. The van der Waals surface area contributed by atoms with E-state index in [9.17, 15) is 0 Å². The zero-order valence-corrected chi connectivity index (χ0v) is 11.7. The van der Waals surface area contributed by atoms with Gasteiger partial charge in [-0.2, -0.15) is 0 Å². The third-order valence-electron chi connectivity index (χ3n) is 2.39. The molecule has 0 aromatic heterocycles. The van der Waals surface area contributed by atoms with Crippen LogP contribution >= 0.6 is 35.1 Å². The van der Waals surface area contributed by atoms with Crippen LogP contribution in [0.4, 0.5) is 0 Å². The Morgan fingerprint density at radius 1 is 1.41 bits per heavy atom. The maximum atomic E-state index is 6.28. The minimum atomic E-state index is 0.287. The molecule has 0 saturated carbocycles. The number of terminal acetylenes is 1.